The normalized spacial score (nSPS) is 12.7. The van der Waals surface area contributed by atoms with Crippen molar-refractivity contribution < 1.29 is 24.3 Å². The number of carbonyl (C=O) groups is 4. The summed E-state index contributed by atoms with van der Waals surface area (Å²) in [4.78, 5) is 49.9. The highest BCUT2D eigenvalue weighted by molar-refractivity contribution is 6.22. The van der Waals surface area contributed by atoms with Gasteiger partial charge >= 0.3 is 0 Å². The fraction of sp³-hybridized carbons (Fsp3) is 0.120. The van der Waals surface area contributed by atoms with Gasteiger partial charge in [0.25, 0.3) is 11.8 Å². The third kappa shape index (κ3) is 4.13. The van der Waals surface area contributed by atoms with Gasteiger partial charge in [-0.3, -0.25) is 19.3 Å². The first kappa shape index (κ1) is 21.0. The van der Waals surface area contributed by atoms with Crippen LogP contribution in [0.2, 0.25) is 0 Å². The molecule has 1 aliphatic heterocycles. The SMILES string of the molecule is O=C([O-])CCN1C(=O)c2ccc(NC(=O)C(c3ccccc3)c3ccccc3)cc2C1=O. The quantitative estimate of drug-likeness (QED) is 0.582. The maximum atomic E-state index is 13.3. The van der Waals surface area contributed by atoms with Crippen LogP contribution in [0.1, 0.15) is 44.2 Å². The maximum Gasteiger partial charge on any atom is 0.261 e. The van der Waals surface area contributed by atoms with Crippen LogP contribution >= 0.6 is 0 Å². The Hall–Kier alpha value is -4.26. The number of carboxylic acid groups (broad SMARTS) is 1. The molecule has 7 heteroatoms. The number of hydrogen-bond donors (Lipinski definition) is 1. The van der Waals surface area contributed by atoms with Crippen LogP contribution in [0.4, 0.5) is 5.69 Å². The third-order valence-corrected chi connectivity index (χ3v) is 5.31. The van der Waals surface area contributed by atoms with Crippen molar-refractivity contribution >= 4 is 29.4 Å². The number of imide groups is 1. The molecule has 4 rings (SSSR count). The molecule has 0 unspecified atom stereocenters. The van der Waals surface area contributed by atoms with Crippen LogP contribution in [0.15, 0.2) is 78.9 Å². The summed E-state index contributed by atoms with van der Waals surface area (Å²) in [5.74, 6) is -3.35. The van der Waals surface area contributed by atoms with Gasteiger partial charge in [0.15, 0.2) is 0 Å². The van der Waals surface area contributed by atoms with Gasteiger partial charge in [-0.05, 0) is 29.3 Å². The van der Waals surface area contributed by atoms with Gasteiger partial charge in [-0.15, -0.1) is 0 Å². The van der Waals surface area contributed by atoms with E-state index in [1.165, 1.54) is 12.1 Å². The number of benzene rings is 3. The summed E-state index contributed by atoms with van der Waals surface area (Å²) in [5, 5.41) is 13.6. The van der Waals surface area contributed by atoms with Crippen molar-refractivity contribution in [2.45, 2.75) is 12.3 Å². The van der Waals surface area contributed by atoms with Crippen molar-refractivity contribution in [3.8, 4) is 0 Å². The van der Waals surface area contributed by atoms with E-state index in [2.05, 4.69) is 5.32 Å². The number of anilines is 1. The summed E-state index contributed by atoms with van der Waals surface area (Å²) in [5.41, 5.74) is 2.30. The first-order valence-electron chi connectivity index (χ1n) is 10.1. The molecule has 3 aromatic carbocycles. The number of rotatable bonds is 7. The van der Waals surface area contributed by atoms with Crippen molar-refractivity contribution in [2.24, 2.45) is 0 Å². The Labute approximate surface area is 184 Å². The molecule has 3 amide bonds. The van der Waals surface area contributed by atoms with E-state index in [0.717, 1.165) is 16.0 Å². The highest BCUT2D eigenvalue weighted by Crippen LogP contribution is 2.29. The molecule has 0 radical (unpaired) electrons. The van der Waals surface area contributed by atoms with Gasteiger partial charge < -0.3 is 15.2 Å². The van der Waals surface area contributed by atoms with E-state index >= 15 is 0 Å². The van der Waals surface area contributed by atoms with Crippen LogP contribution in [-0.2, 0) is 9.59 Å². The van der Waals surface area contributed by atoms with Gasteiger partial charge in [0, 0.05) is 24.6 Å². The molecule has 0 aromatic heterocycles. The molecule has 0 aliphatic carbocycles. The van der Waals surface area contributed by atoms with Gasteiger partial charge in [-0.1, -0.05) is 60.7 Å². The Kier molecular flexibility index (Phi) is 5.81. The monoisotopic (exact) mass is 427 g/mol. The van der Waals surface area contributed by atoms with E-state index in [1.807, 2.05) is 60.7 Å². The van der Waals surface area contributed by atoms with E-state index in [-0.39, 0.29) is 23.6 Å². The lowest BCUT2D eigenvalue weighted by atomic mass is 9.90. The van der Waals surface area contributed by atoms with Crippen molar-refractivity contribution in [2.75, 3.05) is 11.9 Å². The summed E-state index contributed by atoms with van der Waals surface area (Å²) in [6.45, 7) is -0.263. The Morgan fingerprint density at radius 3 is 1.94 bits per heavy atom. The van der Waals surface area contributed by atoms with Crippen molar-refractivity contribution in [1.29, 1.82) is 0 Å². The molecule has 7 nitrogen and oxygen atoms in total. The van der Waals surface area contributed by atoms with Gasteiger partial charge in [-0.25, -0.2) is 0 Å². The van der Waals surface area contributed by atoms with E-state index in [4.69, 9.17) is 0 Å². The lowest BCUT2D eigenvalue weighted by Gasteiger charge is -2.18. The van der Waals surface area contributed by atoms with E-state index < -0.39 is 30.1 Å². The fourth-order valence-corrected chi connectivity index (χ4v) is 3.78. The Morgan fingerprint density at radius 2 is 1.38 bits per heavy atom. The van der Waals surface area contributed by atoms with E-state index in [1.54, 1.807) is 6.07 Å². The maximum absolute atomic E-state index is 13.3. The molecule has 0 spiro atoms. The van der Waals surface area contributed by atoms with Crippen LogP contribution in [0.3, 0.4) is 0 Å². The van der Waals surface area contributed by atoms with Gasteiger partial charge in [0.05, 0.1) is 17.0 Å². The van der Waals surface area contributed by atoms with Crippen LogP contribution < -0.4 is 10.4 Å². The highest BCUT2D eigenvalue weighted by Gasteiger charge is 2.35. The molecule has 0 saturated carbocycles. The van der Waals surface area contributed by atoms with E-state index in [0.29, 0.717) is 5.69 Å². The summed E-state index contributed by atoms with van der Waals surface area (Å²) in [6, 6.07) is 23.1. The number of hydrogen-bond acceptors (Lipinski definition) is 5. The second kappa shape index (κ2) is 8.85. The summed E-state index contributed by atoms with van der Waals surface area (Å²) >= 11 is 0. The zero-order chi connectivity index (χ0) is 22.7. The number of nitrogens with one attached hydrogen (secondary N) is 1. The largest absolute Gasteiger partial charge is 0.550 e. The second-order valence-electron chi connectivity index (χ2n) is 7.39. The summed E-state index contributed by atoms with van der Waals surface area (Å²) in [7, 11) is 0. The fourth-order valence-electron chi connectivity index (χ4n) is 3.78. The lowest BCUT2D eigenvalue weighted by molar-refractivity contribution is -0.305. The summed E-state index contributed by atoms with van der Waals surface area (Å²) < 4.78 is 0. The number of aliphatic carboxylic acids is 1. The average Bonchev–Trinajstić information content (AvgIpc) is 3.03. The van der Waals surface area contributed by atoms with Crippen LogP contribution in [0.25, 0.3) is 0 Å². The zero-order valence-electron chi connectivity index (χ0n) is 17.0. The topological polar surface area (TPSA) is 107 Å². The highest BCUT2D eigenvalue weighted by atomic mass is 16.4. The second-order valence-corrected chi connectivity index (χ2v) is 7.39. The number of fused-ring (bicyclic) bond motifs is 1. The molecule has 1 N–H and O–H groups in total. The molecule has 32 heavy (non-hydrogen) atoms. The number of amides is 3. The van der Waals surface area contributed by atoms with Crippen molar-refractivity contribution in [1.82, 2.24) is 4.90 Å². The van der Waals surface area contributed by atoms with Crippen molar-refractivity contribution in [3.05, 3.63) is 101 Å². The molecule has 0 atom stereocenters. The van der Waals surface area contributed by atoms with Crippen LogP contribution in [0, 0.1) is 0 Å². The van der Waals surface area contributed by atoms with Crippen molar-refractivity contribution in [3.63, 3.8) is 0 Å². The standard InChI is InChI=1S/C25H20N2O5/c28-21(29)13-14-27-24(31)19-12-11-18(15-20(19)25(27)32)26-23(30)22(16-7-3-1-4-8-16)17-9-5-2-6-10-17/h1-12,15,22H,13-14H2,(H,26,30)(H,28,29)/p-1. The molecule has 0 fully saturated rings. The molecular formula is C25H19N2O5-. The summed E-state index contributed by atoms with van der Waals surface area (Å²) in [6.07, 6.45) is -0.440. The average molecular weight is 427 g/mol. The minimum atomic E-state index is -1.35. The molecular weight excluding hydrogens is 408 g/mol. The zero-order valence-corrected chi connectivity index (χ0v) is 17.0. The molecule has 3 aromatic rings. The Bertz CT molecular complexity index is 1150. The minimum absolute atomic E-state index is 0.127. The molecule has 160 valence electrons. The minimum Gasteiger partial charge on any atom is -0.550 e. The number of nitrogens with zero attached hydrogens (tertiary/aromatic N) is 1. The first-order valence-corrected chi connectivity index (χ1v) is 10.1. The van der Waals surface area contributed by atoms with Crippen LogP contribution in [-0.4, -0.2) is 35.1 Å². The first-order chi connectivity index (χ1) is 15.5. The number of carbonyl (C=O) groups excluding carboxylic acids is 4. The third-order valence-electron chi connectivity index (χ3n) is 5.31. The van der Waals surface area contributed by atoms with Gasteiger partial charge in [0.2, 0.25) is 5.91 Å². The molecule has 0 bridgehead atoms. The molecule has 1 heterocycles. The molecule has 1 aliphatic rings. The molecule has 0 saturated heterocycles. The Morgan fingerprint density at radius 1 is 0.812 bits per heavy atom. The predicted octanol–water partition coefficient (Wildman–Crippen LogP) is 2.19. The smallest absolute Gasteiger partial charge is 0.261 e. The number of carboxylic acids is 1. The van der Waals surface area contributed by atoms with E-state index in [9.17, 15) is 24.3 Å². The van der Waals surface area contributed by atoms with Gasteiger partial charge in [0.1, 0.15) is 0 Å². The van der Waals surface area contributed by atoms with Gasteiger partial charge in [-0.2, -0.15) is 0 Å². The predicted molar refractivity (Wildman–Crippen MR) is 115 cm³/mol. The van der Waals surface area contributed by atoms with Crippen LogP contribution in [0.5, 0.6) is 0 Å². The Balaban J connectivity index is 1.60. The lowest BCUT2D eigenvalue weighted by Crippen LogP contribution is -2.34.